The van der Waals surface area contributed by atoms with E-state index in [9.17, 15) is 13.2 Å². The SMILES string of the molecule is COCC(=O)N1CCN(c2ccc(CN3C(C)CCC(c4ccccc4)S3(=O)=O)c(F)c2)CC1. The molecule has 9 heteroatoms. The Bertz CT molecular complexity index is 1100. The molecule has 2 fully saturated rings. The van der Waals surface area contributed by atoms with E-state index >= 15 is 4.39 Å². The van der Waals surface area contributed by atoms with Crippen LogP contribution in [0.15, 0.2) is 48.5 Å². The molecule has 0 aromatic heterocycles. The predicted octanol–water partition coefficient (Wildman–Crippen LogP) is 3.18. The van der Waals surface area contributed by atoms with Crippen molar-refractivity contribution in [2.75, 3.05) is 44.8 Å². The van der Waals surface area contributed by atoms with Crippen LogP contribution in [0, 0.1) is 5.82 Å². The maximum absolute atomic E-state index is 15.1. The van der Waals surface area contributed by atoms with Gasteiger partial charge in [-0.05, 0) is 37.5 Å². The van der Waals surface area contributed by atoms with Crippen molar-refractivity contribution in [3.05, 3.63) is 65.5 Å². The minimum atomic E-state index is -3.62. The van der Waals surface area contributed by atoms with Crippen molar-refractivity contribution in [1.29, 1.82) is 0 Å². The molecule has 2 aliphatic rings. The van der Waals surface area contributed by atoms with Crippen molar-refractivity contribution in [1.82, 2.24) is 9.21 Å². The van der Waals surface area contributed by atoms with E-state index in [4.69, 9.17) is 4.74 Å². The number of sulfonamides is 1. The van der Waals surface area contributed by atoms with Gasteiger partial charge in [-0.25, -0.2) is 12.8 Å². The van der Waals surface area contributed by atoms with Gasteiger partial charge in [0.2, 0.25) is 15.9 Å². The van der Waals surface area contributed by atoms with E-state index in [1.165, 1.54) is 17.5 Å². The molecule has 0 N–H and O–H groups in total. The summed E-state index contributed by atoms with van der Waals surface area (Å²) in [5, 5.41) is -0.607. The molecule has 7 nitrogen and oxygen atoms in total. The number of piperazine rings is 1. The highest BCUT2D eigenvalue weighted by molar-refractivity contribution is 7.89. The highest BCUT2D eigenvalue weighted by atomic mass is 32.2. The number of nitrogens with zero attached hydrogens (tertiary/aromatic N) is 3. The van der Waals surface area contributed by atoms with Crippen LogP contribution in [0.1, 0.15) is 36.1 Å². The molecular weight excluding hydrogens is 457 g/mol. The van der Waals surface area contributed by atoms with E-state index < -0.39 is 21.1 Å². The molecule has 2 aromatic carbocycles. The van der Waals surface area contributed by atoms with Gasteiger partial charge < -0.3 is 14.5 Å². The van der Waals surface area contributed by atoms with Gasteiger partial charge in [0.25, 0.3) is 0 Å². The van der Waals surface area contributed by atoms with Crippen LogP contribution in [-0.4, -0.2) is 69.5 Å². The first-order valence-corrected chi connectivity index (χ1v) is 13.2. The average Bonchev–Trinajstić information content (AvgIpc) is 2.83. The third-order valence-electron chi connectivity index (χ3n) is 6.82. The summed E-state index contributed by atoms with van der Waals surface area (Å²) in [7, 11) is -2.13. The molecule has 2 aliphatic heterocycles. The summed E-state index contributed by atoms with van der Waals surface area (Å²) in [6.45, 7) is 4.26. The standard InChI is InChI=1S/C25H32FN3O4S/c1-19-8-11-24(20-6-4-3-5-7-20)34(31,32)29(19)17-21-9-10-22(16-23(21)26)27-12-14-28(15-13-27)25(30)18-33-2/h3-7,9-10,16,19,24H,8,11-15,17-18H2,1-2H3. The number of ether oxygens (including phenoxy) is 1. The molecule has 0 saturated carbocycles. The van der Waals surface area contributed by atoms with Crippen LogP contribution < -0.4 is 4.90 Å². The molecule has 184 valence electrons. The number of benzene rings is 2. The van der Waals surface area contributed by atoms with Crippen molar-refractivity contribution in [3.63, 3.8) is 0 Å². The average molecular weight is 490 g/mol. The molecule has 0 radical (unpaired) electrons. The van der Waals surface area contributed by atoms with E-state index in [1.54, 1.807) is 11.0 Å². The smallest absolute Gasteiger partial charge is 0.248 e. The van der Waals surface area contributed by atoms with Gasteiger partial charge in [0, 0.05) is 57.1 Å². The first-order chi connectivity index (χ1) is 16.3. The zero-order chi connectivity index (χ0) is 24.3. The van der Waals surface area contributed by atoms with Gasteiger partial charge in [0.05, 0.1) is 0 Å². The van der Waals surface area contributed by atoms with Gasteiger partial charge in [-0.15, -0.1) is 0 Å². The highest BCUT2D eigenvalue weighted by Crippen LogP contribution is 2.38. The van der Waals surface area contributed by atoms with Crippen molar-refractivity contribution in [2.24, 2.45) is 0 Å². The zero-order valence-corrected chi connectivity index (χ0v) is 20.5. The fraction of sp³-hybridized carbons (Fsp3) is 0.480. The Kier molecular flexibility index (Phi) is 7.54. The van der Waals surface area contributed by atoms with E-state index in [0.717, 1.165) is 17.7 Å². The zero-order valence-electron chi connectivity index (χ0n) is 19.7. The number of rotatable bonds is 6. The number of halogens is 1. The van der Waals surface area contributed by atoms with Crippen molar-refractivity contribution in [3.8, 4) is 0 Å². The number of amides is 1. The maximum atomic E-state index is 15.1. The normalized spacial score (nSPS) is 23.1. The predicted molar refractivity (Wildman–Crippen MR) is 129 cm³/mol. The molecular formula is C25H32FN3O4S. The monoisotopic (exact) mass is 489 g/mol. The van der Waals surface area contributed by atoms with Crippen LogP contribution in [0.4, 0.5) is 10.1 Å². The fourth-order valence-electron chi connectivity index (χ4n) is 4.81. The van der Waals surface area contributed by atoms with E-state index in [-0.39, 0.29) is 25.1 Å². The number of hydrogen-bond acceptors (Lipinski definition) is 5. The third kappa shape index (κ3) is 5.11. The minimum absolute atomic E-state index is 0.0121. The second kappa shape index (κ2) is 10.4. The molecule has 0 bridgehead atoms. The molecule has 1 amide bonds. The molecule has 0 aliphatic carbocycles. The minimum Gasteiger partial charge on any atom is -0.375 e. The van der Waals surface area contributed by atoms with E-state index in [1.807, 2.05) is 48.2 Å². The largest absolute Gasteiger partial charge is 0.375 e. The maximum Gasteiger partial charge on any atom is 0.248 e. The Balaban J connectivity index is 1.46. The van der Waals surface area contributed by atoms with Crippen LogP contribution in [-0.2, 0) is 26.1 Å². The Hall–Kier alpha value is -2.49. The van der Waals surface area contributed by atoms with Crippen molar-refractivity contribution < 1.29 is 22.3 Å². The van der Waals surface area contributed by atoms with Crippen LogP contribution in [0.3, 0.4) is 0 Å². The van der Waals surface area contributed by atoms with Crippen LogP contribution in [0.5, 0.6) is 0 Å². The molecule has 2 atom stereocenters. The highest BCUT2D eigenvalue weighted by Gasteiger charge is 2.40. The molecule has 2 heterocycles. The molecule has 4 rings (SSSR count). The van der Waals surface area contributed by atoms with Crippen LogP contribution in [0.2, 0.25) is 0 Å². The Morgan fingerprint density at radius 3 is 2.41 bits per heavy atom. The summed E-state index contributed by atoms with van der Waals surface area (Å²) in [6, 6.07) is 14.0. The van der Waals surface area contributed by atoms with Gasteiger partial charge in [-0.2, -0.15) is 4.31 Å². The van der Waals surface area contributed by atoms with Crippen LogP contribution in [0.25, 0.3) is 0 Å². The van der Waals surface area contributed by atoms with Gasteiger partial charge in [-0.3, -0.25) is 4.79 Å². The number of hydrogen-bond donors (Lipinski definition) is 0. The molecule has 34 heavy (non-hydrogen) atoms. The van der Waals surface area contributed by atoms with Gasteiger partial charge in [0.1, 0.15) is 17.7 Å². The summed E-state index contributed by atoms with van der Waals surface area (Å²) < 4.78 is 48.4. The van der Waals surface area contributed by atoms with Gasteiger partial charge >= 0.3 is 0 Å². The first-order valence-electron chi connectivity index (χ1n) is 11.7. The van der Waals surface area contributed by atoms with Gasteiger partial charge in [-0.1, -0.05) is 36.4 Å². The Morgan fingerprint density at radius 2 is 1.76 bits per heavy atom. The second-order valence-electron chi connectivity index (χ2n) is 8.99. The van der Waals surface area contributed by atoms with Gasteiger partial charge in [0.15, 0.2) is 0 Å². The Morgan fingerprint density at radius 1 is 1.06 bits per heavy atom. The molecule has 0 spiro atoms. The lowest BCUT2D eigenvalue weighted by molar-refractivity contribution is -0.135. The topological polar surface area (TPSA) is 70.2 Å². The first kappa shape index (κ1) is 24.6. The summed E-state index contributed by atoms with van der Waals surface area (Å²) in [5.41, 5.74) is 1.87. The van der Waals surface area contributed by atoms with Crippen LogP contribution >= 0.6 is 0 Å². The second-order valence-corrected chi connectivity index (χ2v) is 11.1. The fourth-order valence-corrected chi connectivity index (χ4v) is 7.00. The summed E-state index contributed by atoms with van der Waals surface area (Å²) in [4.78, 5) is 15.8. The summed E-state index contributed by atoms with van der Waals surface area (Å²) in [5.74, 6) is -0.464. The molecule has 2 saturated heterocycles. The lowest BCUT2D eigenvalue weighted by Gasteiger charge is -2.38. The number of methoxy groups -OCH3 is 1. The number of anilines is 1. The third-order valence-corrected chi connectivity index (χ3v) is 9.19. The van der Waals surface area contributed by atoms with Crippen molar-refractivity contribution in [2.45, 2.75) is 37.6 Å². The van der Waals surface area contributed by atoms with E-state index in [0.29, 0.717) is 38.2 Å². The lowest BCUT2D eigenvalue weighted by atomic mass is 10.0. The van der Waals surface area contributed by atoms with E-state index in [2.05, 4.69) is 0 Å². The van der Waals surface area contributed by atoms with Crippen molar-refractivity contribution >= 4 is 21.6 Å². The summed E-state index contributed by atoms with van der Waals surface area (Å²) in [6.07, 6.45) is 1.29. The molecule has 2 unspecified atom stereocenters. The number of carbonyl (C=O) groups excluding carboxylic acids is 1. The molecule has 2 aromatic rings. The number of carbonyl (C=O) groups is 1. The summed E-state index contributed by atoms with van der Waals surface area (Å²) >= 11 is 0. The lowest BCUT2D eigenvalue weighted by Crippen LogP contribution is -2.49. The quantitative estimate of drug-likeness (QED) is 0.624. The Labute approximate surface area is 201 Å².